The van der Waals surface area contributed by atoms with Crippen molar-refractivity contribution in [3.05, 3.63) is 28.5 Å². The van der Waals surface area contributed by atoms with E-state index in [2.05, 4.69) is 0 Å². The van der Waals surface area contributed by atoms with E-state index < -0.39 is 17.4 Å². The second kappa shape index (κ2) is 6.55. The minimum absolute atomic E-state index is 0.166. The van der Waals surface area contributed by atoms with E-state index in [1.165, 1.54) is 31.4 Å². The van der Waals surface area contributed by atoms with Gasteiger partial charge in [0.05, 0.1) is 17.2 Å². The topological polar surface area (TPSA) is 35.5 Å². The summed E-state index contributed by atoms with van der Waals surface area (Å²) in [5.74, 6) is 1.22. The first-order valence-electron chi connectivity index (χ1n) is 8.58. The lowest BCUT2D eigenvalue weighted by Gasteiger charge is -2.22. The van der Waals surface area contributed by atoms with Crippen LogP contribution in [0.15, 0.2) is 12.1 Å². The Balaban J connectivity index is 1.64. The number of ether oxygens (including phenoxy) is 2. The molecule has 2 fully saturated rings. The molecule has 3 atom stereocenters. The quantitative estimate of drug-likeness (QED) is 0.693. The average Bonchev–Trinajstić information content (AvgIpc) is 3.24. The van der Waals surface area contributed by atoms with Gasteiger partial charge in [0.25, 0.3) is 0 Å². The van der Waals surface area contributed by atoms with Crippen LogP contribution in [0.3, 0.4) is 0 Å². The molecular weight excluding hydrogens is 331 g/mol. The van der Waals surface area contributed by atoms with Crippen LogP contribution >= 0.6 is 11.6 Å². The molecule has 3 unspecified atom stereocenters. The maximum atomic E-state index is 14.3. The monoisotopic (exact) mass is 354 g/mol. The van der Waals surface area contributed by atoms with Crippen LogP contribution in [0.2, 0.25) is 5.02 Å². The molecule has 0 bridgehead atoms. The number of esters is 1. The lowest BCUT2D eigenvalue weighted by atomic mass is 9.90. The molecule has 1 aromatic carbocycles. The van der Waals surface area contributed by atoms with Crippen LogP contribution in [0.5, 0.6) is 5.75 Å². The first-order chi connectivity index (χ1) is 11.2. The number of fused-ring (bicyclic) bond motifs is 1. The second-order valence-electron chi connectivity index (χ2n) is 8.01. The molecule has 2 aliphatic carbocycles. The average molecular weight is 355 g/mol. The van der Waals surface area contributed by atoms with Gasteiger partial charge in [0.2, 0.25) is 0 Å². The van der Waals surface area contributed by atoms with Crippen molar-refractivity contribution in [1.82, 2.24) is 0 Å². The van der Waals surface area contributed by atoms with Gasteiger partial charge in [-0.15, -0.1) is 0 Å². The first kappa shape index (κ1) is 17.5. The third-order valence-electron chi connectivity index (χ3n) is 4.77. The summed E-state index contributed by atoms with van der Waals surface area (Å²) in [6, 6.07) is 2.47. The molecule has 3 rings (SSSR count). The molecule has 2 saturated carbocycles. The highest BCUT2D eigenvalue weighted by molar-refractivity contribution is 6.32. The largest absolute Gasteiger partial charge is 0.492 e. The summed E-state index contributed by atoms with van der Waals surface area (Å²) in [5, 5.41) is 0.234. The van der Waals surface area contributed by atoms with E-state index in [0.717, 1.165) is 18.3 Å². The number of carbonyl (C=O) groups excluding carboxylic acids is 1. The summed E-state index contributed by atoms with van der Waals surface area (Å²) in [7, 11) is 0. The van der Waals surface area contributed by atoms with Crippen molar-refractivity contribution < 1.29 is 18.7 Å². The SMILES string of the molecule is CC(C)(C)OC(=O)c1cc(Cl)c(OCC2CCC3CC3C2)cc1F. The number of hydrogen-bond acceptors (Lipinski definition) is 3. The number of rotatable bonds is 4. The summed E-state index contributed by atoms with van der Waals surface area (Å²) >= 11 is 6.17. The molecule has 1 aromatic rings. The Morgan fingerprint density at radius 1 is 1.25 bits per heavy atom. The standard InChI is InChI=1S/C19H24ClFO3/c1-19(2,3)24-18(22)14-8-15(20)17(9-16(14)21)23-10-11-4-5-12-7-13(12)6-11/h8-9,11-13H,4-7,10H2,1-3H3. The third kappa shape index (κ3) is 4.21. The van der Waals surface area contributed by atoms with E-state index in [1.807, 2.05) is 0 Å². The predicted molar refractivity (Wildman–Crippen MR) is 91.0 cm³/mol. The van der Waals surface area contributed by atoms with E-state index in [9.17, 15) is 9.18 Å². The molecule has 0 saturated heterocycles. The van der Waals surface area contributed by atoms with Crippen molar-refractivity contribution in [2.75, 3.05) is 6.61 Å². The molecule has 0 N–H and O–H groups in total. The molecule has 0 spiro atoms. The second-order valence-corrected chi connectivity index (χ2v) is 8.42. The Morgan fingerprint density at radius 2 is 2.00 bits per heavy atom. The van der Waals surface area contributed by atoms with Crippen LogP contribution in [0.4, 0.5) is 4.39 Å². The molecule has 2 aliphatic rings. The van der Waals surface area contributed by atoms with Gasteiger partial charge in [0, 0.05) is 6.07 Å². The Kier molecular flexibility index (Phi) is 4.78. The van der Waals surface area contributed by atoms with Gasteiger partial charge < -0.3 is 9.47 Å². The Morgan fingerprint density at radius 3 is 2.67 bits per heavy atom. The van der Waals surface area contributed by atoms with Gasteiger partial charge in [0.15, 0.2) is 0 Å². The van der Waals surface area contributed by atoms with Gasteiger partial charge in [-0.3, -0.25) is 0 Å². The van der Waals surface area contributed by atoms with Crippen molar-refractivity contribution in [3.63, 3.8) is 0 Å². The summed E-state index contributed by atoms with van der Waals surface area (Å²) < 4.78 is 25.2. The van der Waals surface area contributed by atoms with E-state index in [4.69, 9.17) is 21.1 Å². The molecular formula is C19H24ClFO3. The number of benzene rings is 1. The fourth-order valence-corrected chi connectivity index (χ4v) is 3.65. The van der Waals surface area contributed by atoms with E-state index in [0.29, 0.717) is 18.3 Å². The summed E-state index contributed by atoms with van der Waals surface area (Å²) in [6.45, 7) is 5.75. The fraction of sp³-hybridized carbons (Fsp3) is 0.632. The minimum Gasteiger partial charge on any atom is -0.492 e. The lowest BCUT2D eigenvalue weighted by Crippen LogP contribution is -2.24. The molecule has 24 heavy (non-hydrogen) atoms. The van der Waals surface area contributed by atoms with Crippen LogP contribution < -0.4 is 4.74 Å². The number of hydrogen-bond donors (Lipinski definition) is 0. The molecule has 0 aliphatic heterocycles. The van der Waals surface area contributed by atoms with Crippen LogP contribution in [0, 0.1) is 23.6 Å². The maximum Gasteiger partial charge on any atom is 0.341 e. The molecule has 3 nitrogen and oxygen atoms in total. The van der Waals surface area contributed by atoms with Crippen molar-refractivity contribution in [2.45, 2.75) is 52.1 Å². The lowest BCUT2D eigenvalue weighted by molar-refractivity contribution is 0.00646. The molecule has 0 heterocycles. The smallest absolute Gasteiger partial charge is 0.341 e. The molecule has 0 radical (unpaired) electrons. The van der Waals surface area contributed by atoms with Crippen LogP contribution in [0.1, 0.15) is 56.8 Å². The van der Waals surface area contributed by atoms with Crippen molar-refractivity contribution in [1.29, 1.82) is 0 Å². The maximum absolute atomic E-state index is 14.3. The van der Waals surface area contributed by atoms with Gasteiger partial charge in [-0.05, 0) is 70.3 Å². The van der Waals surface area contributed by atoms with Gasteiger partial charge in [-0.2, -0.15) is 0 Å². The van der Waals surface area contributed by atoms with Crippen LogP contribution in [-0.2, 0) is 4.74 Å². The molecule has 5 heteroatoms. The highest BCUT2D eigenvalue weighted by atomic mass is 35.5. The van der Waals surface area contributed by atoms with Gasteiger partial charge in [0.1, 0.15) is 17.2 Å². The van der Waals surface area contributed by atoms with Crippen molar-refractivity contribution in [2.24, 2.45) is 17.8 Å². The van der Waals surface area contributed by atoms with E-state index in [1.54, 1.807) is 20.8 Å². The van der Waals surface area contributed by atoms with Gasteiger partial charge in [-0.25, -0.2) is 9.18 Å². The zero-order valence-corrected chi connectivity index (χ0v) is 15.2. The molecule has 0 amide bonds. The highest BCUT2D eigenvalue weighted by Gasteiger charge is 2.42. The Bertz CT molecular complexity index is 638. The number of carbonyl (C=O) groups is 1. The Labute approximate surface area is 147 Å². The highest BCUT2D eigenvalue weighted by Crippen LogP contribution is 2.51. The van der Waals surface area contributed by atoms with Crippen LogP contribution in [0.25, 0.3) is 0 Å². The zero-order valence-electron chi connectivity index (χ0n) is 14.4. The van der Waals surface area contributed by atoms with Crippen LogP contribution in [-0.4, -0.2) is 18.2 Å². The fourth-order valence-electron chi connectivity index (χ4n) is 3.44. The third-order valence-corrected chi connectivity index (χ3v) is 5.06. The summed E-state index contributed by atoms with van der Waals surface area (Å²) in [4.78, 5) is 12.0. The zero-order chi connectivity index (χ0) is 17.5. The Hall–Kier alpha value is -1.29. The van der Waals surface area contributed by atoms with Gasteiger partial charge in [-0.1, -0.05) is 11.6 Å². The molecule has 132 valence electrons. The summed E-state index contributed by atoms with van der Waals surface area (Å²) in [6.07, 6.45) is 4.99. The predicted octanol–water partition coefficient (Wildman–Crippen LogP) is 5.25. The van der Waals surface area contributed by atoms with Gasteiger partial charge >= 0.3 is 5.97 Å². The van der Waals surface area contributed by atoms with E-state index >= 15 is 0 Å². The first-order valence-corrected chi connectivity index (χ1v) is 8.96. The van der Waals surface area contributed by atoms with Crippen molar-refractivity contribution in [3.8, 4) is 5.75 Å². The van der Waals surface area contributed by atoms with Crippen molar-refractivity contribution >= 4 is 17.6 Å². The molecule has 0 aromatic heterocycles. The summed E-state index contributed by atoms with van der Waals surface area (Å²) in [5.41, 5.74) is -0.854. The van der Waals surface area contributed by atoms with E-state index in [-0.39, 0.29) is 10.6 Å². The number of halogens is 2. The minimum atomic E-state index is -0.722. The normalized spacial score (nSPS) is 25.8.